The summed E-state index contributed by atoms with van der Waals surface area (Å²) in [5.41, 5.74) is 2.07. The van der Waals surface area contributed by atoms with Crippen molar-refractivity contribution in [3.63, 3.8) is 0 Å². The fourth-order valence-corrected chi connectivity index (χ4v) is 6.10. The average molecular weight is 719 g/mol. The zero-order chi connectivity index (χ0) is 35.2. The van der Waals surface area contributed by atoms with E-state index in [1.807, 2.05) is 18.2 Å². The molecular formula is C37H33Cl2N3O8. The van der Waals surface area contributed by atoms with Crippen molar-refractivity contribution in [2.75, 3.05) is 33.0 Å². The molecule has 0 fully saturated rings. The minimum absolute atomic E-state index is 0.123. The van der Waals surface area contributed by atoms with Crippen LogP contribution in [0.25, 0.3) is 0 Å². The third-order valence-electron chi connectivity index (χ3n) is 8.42. The van der Waals surface area contributed by atoms with Crippen LogP contribution in [0.5, 0.6) is 17.2 Å². The van der Waals surface area contributed by atoms with Gasteiger partial charge in [-0.2, -0.15) is 0 Å². The van der Waals surface area contributed by atoms with E-state index in [-0.39, 0.29) is 50.4 Å². The first kappa shape index (κ1) is 34.8. The first-order valence-corrected chi connectivity index (χ1v) is 16.7. The quantitative estimate of drug-likeness (QED) is 0.173. The molecule has 2 N–H and O–H groups in total. The van der Waals surface area contributed by atoms with Gasteiger partial charge in [0.2, 0.25) is 12.7 Å². The van der Waals surface area contributed by atoms with Crippen molar-refractivity contribution in [1.82, 2.24) is 15.1 Å². The summed E-state index contributed by atoms with van der Waals surface area (Å²) < 4.78 is 16.5. The summed E-state index contributed by atoms with van der Waals surface area (Å²) in [5, 5.41) is 15.1. The van der Waals surface area contributed by atoms with E-state index in [0.717, 1.165) is 10.5 Å². The Morgan fingerprint density at radius 3 is 2.30 bits per heavy atom. The van der Waals surface area contributed by atoms with Gasteiger partial charge in [-0.1, -0.05) is 71.7 Å². The largest absolute Gasteiger partial charge is 0.484 e. The number of rotatable bonds is 14. The maximum atomic E-state index is 13.8. The molecule has 2 atom stereocenters. The van der Waals surface area contributed by atoms with Crippen LogP contribution in [0, 0.1) is 0 Å². The van der Waals surface area contributed by atoms with Gasteiger partial charge in [-0.3, -0.25) is 24.1 Å². The number of ether oxygens (including phenoxy) is 3. The standard InChI is InChI=1S/C37H33Cl2N3O8/c38-28-12-11-25(19-29(28)39)48-21-33(44)40-35(24-6-2-1-3-7-24)30(43)20-41(16-14-23-10-13-31-32(18-23)50-22-49-31)34(45)15-17-42-36(46)26-8-4-5-9-27(26)37(42)47/h1-13,18-19,30,35,43H,14-17,20-22H2,(H,40,44)/t30?,35-/m0/s1. The maximum Gasteiger partial charge on any atom is 0.261 e. The van der Waals surface area contributed by atoms with E-state index in [2.05, 4.69) is 5.32 Å². The third kappa shape index (κ3) is 8.02. The second-order valence-corrected chi connectivity index (χ2v) is 12.5. The summed E-state index contributed by atoms with van der Waals surface area (Å²) in [6.45, 7) is -0.362. The van der Waals surface area contributed by atoms with E-state index in [9.17, 15) is 24.3 Å². The van der Waals surface area contributed by atoms with Crippen LogP contribution in [-0.2, 0) is 16.0 Å². The van der Waals surface area contributed by atoms with Crippen molar-refractivity contribution in [1.29, 1.82) is 0 Å². The summed E-state index contributed by atoms with van der Waals surface area (Å²) in [6, 6.07) is 24.6. The minimum atomic E-state index is -1.26. The first-order chi connectivity index (χ1) is 24.2. The van der Waals surface area contributed by atoms with E-state index in [1.54, 1.807) is 66.7 Å². The third-order valence-corrected chi connectivity index (χ3v) is 9.15. The molecule has 0 aromatic heterocycles. The normalized spacial score (nSPS) is 14.3. The predicted molar refractivity (Wildman–Crippen MR) is 185 cm³/mol. The molecule has 6 rings (SSSR count). The molecule has 13 heteroatoms. The molecule has 2 aliphatic heterocycles. The highest BCUT2D eigenvalue weighted by atomic mass is 35.5. The van der Waals surface area contributed by atoms with Gasteiger partial charge >= 0.3 is 0 Å². The summed E-state index contributed by atoms with van der Waals surface area (Å²) in [7, 11) is 0. The highest BCUT2D eigenvalue weighted by Crippen LogP contribution is 2.33. The molecule has 0 spiro atoms. The number of hydrogen-bond donors (Lipinski definition) is 2. The molecule has 4 amide bonds. The fraction of sp³-hybridized carbons (Fsp3) is 0.243. The second-order valence-electron chi connectivity index (χ2n) is 11.7. The van der Waals surface area contributed by atoms with E-state index in [4.69, 9.17) is 37.4 Å². The number of aliphatic hydroxyl groups excluding tert-OH is 1. The van der Waals surface area contributed by atoms with Gasteiger partial charge in [0.15, 0.2) is 18.1 Å². The second kappa shape index (κ2) is 15.6. The molecule has 4 aromatic rings. The lowest BCUT2D eigenvalue weighted by atomic mass is 10.00. The number of carbonyl (C=O) groups excluding carboxylic acids is 4. The number of fused-ring (bicyclic) bond motifs is 2. The maximum absolute atomic E-state index is 13.8. The molecule has 2 aliphatic rings. The molecular weight excluding hydrogens is 685 g/mol. The lowest BCUT2D eigenvalue weighted by Crippen LogP contribution is -2.46. The summed E-state index contributed by atoms with van der Waals surface area (Å²) >= 11 is 12.0. The van der Waals surface area contributed by atoms with Crippen LogP contribution in [0.3, 0.4) is 0 Å². The monoisotopic (exact) mass is 717 g/mol. The van der Waals surface area contributed by atoms with Gasteiger partial charge in [-0.05, 0) is 53.9 Å². The zero-order valence-electron chi connectivity index (χ0n) is 26.7. The Hall–Kier alpha value is -5.10. The van der Waals surface area contributed by atoms with Gasteiger partial charge in [-0.25, -0.2) is 0 Å². The number of nitrogens with zero attached hydrogens (tertiary/aromatic N) is 2. The lowest BCUT2D eigenvalue weighted by molar-refractivity contribution is -0.133. The number of halogens is 2. The van der Waals surface area contributed by atoms with Crippen molar-refractivity contribution >= 4 is 46.8 Å². The highest BCUT2D eigenvalue weighted by molar-refractivity contribution is 6.42. The molecule has 11 nitrogen and oxygen atoms in total. The number of nitrogens with one attached hydrogen (secondary N) is 1. The summed E-state index contributed by atoms with van der Waals surface area (Å²) in [5.74, 6) is -0.260. The topological polar surface area (TPSA) is 135 Å². The van der Waals surface area contributed by atoms with E-state index < -0.39 is 29.9 Å². The van der Waals surface area contributed by atoms with Gasteiger partial charge in [0.1, 0.15) is 5.75 Å². The van der Waals surface area contributed by atoms with Crippen LogP contribution in [-0.4, -0.2) is 77.7 Å². The van der Waals surface area contributed by atoms with Crippen molar-refractivity contribution in [2.45, 2.75) is 25.0 Å². The number of amides is 4. The van der Waals surface area contributed by atoms with Crippen LogP contribution in [0.4, 0.5) is 0 Å². The molecule has 50 heavy (non-hydrogen) atoms. The Labute approximate surface area is 298 Å². The number of aliphatic hydroxyl groups is 1. The van der Waals surface area contributed by atoms with Crippen LogP contribution in [0.1, 0.15) is 44.3 Å². The molecule has 0 saturated carbocycles. The van der Waals surface area contributed by atoms with Crippen LogP contribution in [0.15, 0.2) is 91.0 Å². The minimum Gasteiger partial charge on any atom is -0.484 e. The van der Waals surface area contributed by atoms with E-state index in [0.29, 0.717) is 45.4 Å². The van der Waals surface area contributed by atoms with Crippen LogP contribution in [0.2, 0.25) is 10.0 Å². The van der Waals surface area contributed by atoms with E-state index in [1.165, 1.54) is 11.0 Å². The zero-order valence-corrected chi connectivity index (χ0v) is 28.2. The summed E-state index contributed by atoms with van der Waals surface area (Å²) in [4.78, 5) is 55.4. The molecule has 0 radical (unpaired) electrons. The van der Waals surface area contributed by atoms with Gasteiger partial charge in [0.05, 0.1) is 33.3 Å². The van der Waals surface area contributed by atoms with Crippen molar-refractivity contribution in [3.05, 3.63) is 123 Å². The van der Waals surface area contributed by atoms with Crippen molar-refractivity contribution in [2.24, 2.45) is 0 Å². The number of imide groups is 1. The Morgan fingerprint density at radius 1 is 0.880 bits per heavy atom. The van der Waals surface area contributed by atoms with Crippen molar-refractivity contribution in [3.8, 4) is 17.2 Å². The average Bonchev–Trinajstić information content (AvgIpc) is 3.70. The predicted octanol–water partition coefficient (Wildman–Crippen LogP) is 5.08. The Bertz CT molecular complexity index is 1870. The van der Waals surface area contributed by atoms with Gasteiger partial charge in [0.25, 0.3) is 17.7 Å². The fourth-order valence-electron chi connectivity index (χ4n) is 5.81. The number of carbonyl (C=O) groups is 4. The Kier molecular flexibility index (Phi) is 10.9. The van der Waals surface area contributed by atoms with E-state index >= 15 is 0 Å². The molecule has 0 aliphatic carbocycles. The molecule has 1 unspecified atom stereocenters. The molecule has 4 aromatic carbocycles. The summed E-state index contributed by atoms with van der Waals surface area (Å²) in [6.07, 6.45) is -1.02. The SMILES string of the molecule is O=C(COc1ccc(Cl)c(Cl)c1)N[C@@H](c1ccccc1)C(O)CN(CCc1ccc2c(c1)OCO2)C(=O)CCN1C(=O)c2ccccc2C1=O. The number of hydrogen-bond acceptors (Lipinski definition) is 8. The number of benzene rings is 4. The Balaban J connectivity index is 1.17. The van der Waals surface area contributed by atoms with Crippen molar-refractivity contribution < 1.29 is 38.5 Å². The molecule has 0 bridgehead atoms. The molecule has 258 valence electrons. The molecule has 2 heterocycles. The van der Waals surface area contributed by atoms with Crippen LogP contribution >= 0.6 is 23.2 Å². The Morgan fingerprint density at radius 2 is 1.58 bits per heavy atom. The first-order valence-electron chi connectivity index (χ1n) is 15.9. The smallest absolute Gasteiger partial charge is 0.261 e. The van der Waals surface area contributed by atoms with Gasteiger partial charge in [-0.15, -0.1) is 0 Å². The lowest BCUT2D eigenvalue weighted by Gasteiger charge is -2.31. The van der Waals surface area contributed by atoms with Crippen LogP contribution < -0.4 is 19.5 Å². The highest BCUT2D eigenvalue weighted by Gasteiger charge is 2.36. The van der Waals surface area contributed by atoms with Gasteiger partial charge < -0.3 is 29.5 Å². The van der Waals surface area contributed by atoms with Gasteiger partial charge in [0, 0.05) is 32.1 Å². The molecule has 0 saturated heterocycles.